The van der Waals surface area contributed by atoms with Crippen LogP contribution in [0.4, 0.5) is 0 Å². The Labute approximate surface area is 293 Å². The SMILES string of the molecule is CCCN1C(=O)C2=C(c3ccc(-c4cc5cc6c(ccn6-c6cccs6)cc5n4-c4cccs4)s3)N(CCC)C(=O)C2=C1c1cccs1. The molecule has 2 aliphatic heterocycles. The molecular formula is C38H30N4O2S4. The van der Waals surface area contributed by atoms with Crippen LogP contribution in [-0.2, 0) is 9.59 Å². The van der Waals surface area contributed by atoms with Gasteiger partial charge in [-0.3, -0.25) is 14.2 Å². The topological polar surface area (TPSA) is 50.5 Å². The number of carbonyl (C=O) groups excluding carboxylic acids is 2. The van der Waals surface area contributed by atoms with Crippen LogP contribution in [-0.4, -0.2) is 43.8 Å². The predicted octanol–water partition coefficient (Wildman–Crippen LogP) is 10.1. The van der Waals surface area contributed by atoms with Gasteiger partial charge in [-0.2, -0.15) is 0 Å². The highest BCUT2D eigenvalue weighted by molar-refractivity contribution is 7.16. The second kappa shape index (κ2) is 11.6. The molecule has 0 bridgehead atoms. The quantitative estimate of drug-likeness (QED) is 0.150. The monoisotopic (exact) mass is 702 g/mol. The highest BCUT2D eigenvalue weighted by Crippen LogP contribution is 2.49. The van der Waals surface area contributed by atoms with Crippen LogP contribution in [0.25, 0.3) is 53.8 Å². The molecule has 0 N–H and O–H groups in total. The number of fused-ring (bicyclic) bond motifs is 3. The summed E-state index contributed by atoms with van der Waals surface area (Å²) in [6, 6.07) is 25.8. The van der Waals surface area contributed by atoms with E-state index in [0.29, 0.717) is 24.2 Å². The minimum absolute atomic E-state index is 0.0716. The first-order chi connectivity index (χ1) is 23.6. The number of nitrogens with zero attached hydrogens (tertiary/aromatic N) is 4. The average molecular weight is 703 g/mol. The minimum atomic E-state index is -0.0716. The molecule has 1 aromatic carbocycles. The van der Waals surface area contributed by atoms with Crippen molar-refractivity contribution in [3.63, 3.8) is 0 Å². The van der Waals surface area contributed by atoms with E-state index in [1.54, 1.807) is 45.3 Å². The number of carbonyl (C=O) groups is 2. The predicted molar refractivity (Wildman–Crippen MR) is 201 cm³/mol. The molecule has 0 spiro atoms. The van der Waals surface area contributed by atoms with E-state index < -0.39 is 0 Å². The van der Waals surface area contributed by atoms with Gasteiger partial charge in [0.2, 0.25) is 0 Å². The third kappa shape index (κ3) is 4.40. The normalized spacial score (nSPS) is 15.0. The van der Waals surface area contributed by atoms with Gasteiger partial charge in [0.25, 0.3) is 11.8 Å². The number of aromatic nitrogens is 2. The zero-order chi connectivity index (χ0) is 32.5. The summed E-state index contributed by atoms with van der Waals surface area (Å²) in [4.78, 5) is 35.1. The lowest BCUT2D eigenvalue weighted by Crippen LogP contribution is -2.30. The van der Waals surface area contributed by atoms with Crippen LogP contribution in [0.15, 0.2) is 106 Å². The fourth-order valence-corrected chi connectivity index (χ4v) is 10.4. The van der Waals surface area contributed by atoms with E-state index in [-0.39, 0.29) is 11.8 Å². The maximum Gasteiger partial charge on any atom is 0.261 e. The Morgan fingerprint density at radius 1 is 0.604 bits per heavy atom. The average Bonchev–Trinajstić information content (AvgIpc) is 3.94. The molecule has 9 rings (SSSR count). The van der Waals surface area contributed by atoms with Crippen molar-refractivity contribution >= 4 is 90.4 Å². The molecule has 2 aliphatic rings. The van der Waals surface area contributed by atoms with Crippen LogP contribution >= 0.6 is 45.3 Å². The Kier molecular flexibility index (Phi) is 7.16. The summed E-state index contributed by atoms with van der Waals surface area (Å²) in [7, 11) is 0. The first kappa shape index (κ1) is 29.6. The number of hydrogen-bond acceptors (Lipinski definition) is 6. The minimum Gasteiger partial charge on any atom is -0.308 e. The molecule has 0 fully saturated rings. The van der Waals surface area contributed by atoms with Gasteiger partial charge in [-0.05, 0) is 95.7 Å². The van der Waals surface area contributed by atoms with Gasteiger partial charge in [0.15, 0.2) is 0 Å². The van der Waals surface area contributed by atoms with Crippen LogP contribution in [0.2, 0.25) is 0 Å². The second-order valence-electron chi connectivity index (χ2n) is 11.9. The van der Waals surface area contributed by atoms with E-state index in [1.165, 1.54) is 15.9 Å². The maximum atomic E-state index is 14.2. The van der Waals surface area contributed by atoms with Gasteiger partial charge in [-0.15, -0.1) is 45.3 Å². The van der Waals surface area contributed by atoms with E-state index in [2.05, 4.69) is 101 Å². The molecule has 0 saturated heterocycles. The summed E-state index contributed by atoms with van der Waals surface area (Å²) in [5.74, 6) is -0.143. The summed E-state index contributed by atoms with van der Waals surface area (Å²) >= 11 is 6.67. The van der Waals surface area contributed by atoms with Gasteiger partial charge < -0.3 is 14.4 Å². The van der Waals surface area contributed by atoms with Crippen molar-refractivity contribution in [1.29, 1.82) is 0 Å². The smallest absolute Gasteiger partial charge is 0.261 e. The van der Waals surface area contributed by atoms with Crippen LogP contribution in [0.1, 0.15) is 36.4 Å². The lowest BCUT2D eigenvalue weighted by atomic mass is 10.1. The lowest BCUT2D eigenvalue weighted by Gasteiger charge is -2.23. The van der Waals surface area contributed by atoms with Crippen molar-refractivity contribution in [2.24, 2.45) is 0 Å². The Hall–Kier alpha value is -4.48. The van der Waals surface area contributed by atoms with Gasteiger partial charge in [0, 0.05) is 30.1 Å². The standard InChI is InChI=1S/C38H30N4O2S4/c1-3-14-40-35(29-8-5-17-45-29)33-34(38(40)44)36(41(15-4-2)37(33)43)30-12-11-28(48-30)27-22-24-21-25-23(13-16-39(25)31-9-6-18-46-31)20-26(24)42(27)32-10-7-19-47-32/h5-13,16-22H,3-4,14-15H2,1-2H3. The molecular weight excluding hydrogens is 673 g/mol. The molecule has 0 saturated carbocycles. The molecule has 8 heterocycles. The van der Waals surface area contributed by atoms with Gasteiger partial charge in [0.05, 0.1) is 63.9 Å². The summed E-state index contributed by atoms with van der Waals surface area (Å²) in [6.45, 7) is 5.28. The summed E-state index contributed by atoms with van der Waals surface area (Å²) in [6.07, 6.45) is 3.75. The number of hydrogen-bond donors (Lipinski definition) is 0. The molecule has 10 heteroatoms. The van der Waals surface area contributed by atoms with Gasteiger partial charge >= 0.3 is 0 Å². The third-order valence-electron chi connectivity index (χ3n) is 9.01. The summed E-state index contributed by atoms with van der Waals surface area (Å²) in [5.41, 5.74) is 6.04. The van der Waals surface area contributed by atoms with Crippen LogP contribution in [0.3, 0.4) is 0 Å². The summed E-state index contributed by atoms with van der Waals surface area (Å²) in [5, 5.41) is 10.9. The molecule has 0 radical (unpaired) electrons. The molecule has 2 amide bonds. The fraction of sp³-hybridized carbons (Fsp3) is 0.158. The van der Waals surface area contributed by atoms with Crippen molar-refractivity contribution in [2.75, 3.05) is 13.1 Å². The van der Waals surface area contributed by atoms with Crippen molar-refractivity contribution in [3.8, 4) is 20.6 Å². The van der Waals surface area contributed by atoms with Crippen LogP contribution in [0.5, 0.6) is 0 Å². The van der Waals surface area contributed by atoms with Crippen molar-refractivity contribution in [1.82, 2.24) is 18.9 Å². The van der Waals surface area contributed by atoms with E-state index >= 15 is 0 Å². The molecule has 48 heavy (non-hydrogen) atoms. The Morgan fingerprint density at radius 3 is 1.88 bits per heavy atom. The van der Waals surface area contributed by atoms with Gasteiger partial charge in [-0.25, -0.2) is 0 Å². The van der Waals surface area contributed by atoms with Gasteiger partial charge in [0.1, 0.15) is 0 Å². The molecule has 7 aromatic rings. The number of rotatable bonds is 9. The van der Waals surface area contributed by atoms with Crippen LogP contribution < -0.4 is 0 Å². The third-order valence-corrected chi connectivity index (χ3v) is 12.7. The Bertz CT molecular complexity index is 2420. The fourth-order valence-electron chi connectivity index (χ4n) is 7.05. The first-order valence-corrected chi connectivity index (χ1v) is 19.5. The lowest BCUT2D eigenvalue weighted by molar-refractivity contribution is -0.124. The molecule has 6 nitrogen and oxygen atoms in total. The highest BCUT2D eigenvalue weighted by atomic mass is 32.1. The first-order valence-electron chi connectivity index (χ1n) is 16.1. The van der Waals surface area contributed by atoms with Crippen molar-refractivity contribution in [2.45, 2.75) is 26.7 Å². The van der Waals surface area contributed by atoms with E-state index in [1.807, 2.05) is 27.3 Å². The second-order valence-corrected chi connectivity index (χ2v) is 15.8. The zero-order valence-corrected chi connectivity index (χ0v) is 29.6. The molecule has 6 aromatic heterocycles. The Morgan fingerprint density at radius 2 is 1.23 bits per heavy atom. The number of benzene rings is 1. The Balaban J connectivity index is 1.23. The van der Waals surface area contributed by atoms with E-state index in [0.717, 1.165) is 60.5 Å². The van der Waals surface area contributed by atoms with E-state index in [4.69, 9.17) is 0 Å². The number of thiophene rings is 4. The van der Waals surface area contributed by atoms with Crippen LogP contribution in [0, 0.1) is 0 Å². The molecule has 0 atom stereocenters. The van der Waals surface area contributed by atoms with Crippen molar-refractivity contribution in [3.05, 3.63) is 116 Å². The molecule has 238 valence electrons. The molecule has 0 aliphatic carbocycles. The van der Waals surface area contributed by atoms with Gasteiger partial charge in [-0.1, -0.05) is 19.9 Å². The largest absolute Gasteiger partial charge is 0.308 e. The number of amides is 2. The van der Waals surface area contributed by atoms with E-state index in [9.17, 15) is 9.59 Å². The molecule has 0 unspecified atom stereocenters. The maximum absolute atomic E-state index is 14.2. The van der Waals surface area contributed by atoms with Crippen molar-refractivity contribution < 1.29 is 9.59 Å². The summed E-state index contributed by atoms with van der Waals surface area (Å²) < 4.78 is 4.61. The highest BCUT2D eigenvalue weighted by Gasteiger charge is 2.49. The zero-order valence-electron chi connectivity index (χ0n) is 26.3.